The molecule has 0 saturated carbocycles. The zero-order chi connectivity index (χ0) is 19.6. The molecule has 0 spiro atoms. The molecule has 0 radical (unpaired) electrons. The molecule has 27 heavy (non-hydrogen) atoms. The summed E-state index contributed by atoms with van der Waals surface area (Å²) in [5.74, 6) is 0.485. The van der Waals surface area contributed by atoms with Crippen LogP contribution in [-0.2, 0) is 16.4 Å². The van der Waals surface area contributed by atoms with Crippen molar-refractivity contribution >= 4 is 40.0 Å². The van der Waals surface area contributed by atoms with E-state index < -0.39 is 10.0 Å². The molecule has 156 valence electrons. The Labute approximate surface area is 180 Å². The minimum Gasteiger partial charge on any atom is -0.357 e. The van der Waals surface area contributed by atoms with Gasteiger partial charge in [0.05, 0.1) is 6.26 Å². The van der Waals surface area contributed by atoms with Crippen molar-refractivity contribution in [2.75, 3.05) is 39.0 Å². The molecular formula is C18H32FIN4O2S. The van der Waals surface area contributed by atoms with E-state index in [1.54, 1.807) is 6.07 Å². The highest BCUT2D eigenvalue weighted by Gasteiger charge is 2.13. The number of nitrogens with one attached hydrogen (secondary N) is 2. The molecule has 0 aromatic heterocycles. The van der Waals surface area contributed by atoms with E-state index in [1.807, 2.05) is 20.8 Å². The van der Waals surface area contributed by atoms with E-state index in [4.69, 9.17) is 0 Å². The number of halogens is 2. The highest BCUT2D eigenvalue weighted by molar-refractivity contribution is 14.0. The Bertz CT molecular complexity index is 699. The Hall–Kier alpha value is -0.940. The Kier molecular flexibility index (Phi) is 12.8. The van der Waals surface area contributed by atoms with Gasteiger partial charge in [-0.1, -0.05) is 13.0 Å². The lowest BCUT2D eigenvalue weighted by atomic mass is 10.1. The van der Waals surface area contributed by atoms with Crippen LogP contribution < -0.4 is 10.6 Å². The smallest absolute Gasteiger partial charge is 0.211 e. The SMILES string of the molecule is CCNC(=NCCCN(CC)S(C)(=O)=O)NCCc1ccc(F)cc1C.I. The van der Waals surface area contributed by atoms with Gasteiger partial charge >= 0.3 is 0 Å². The maximum atomic E-state index is 13.1. The maximum absolute atomic E-state index is 13.1. The highest BCUT2D eigenvalue weighted by atomic mass is 127. The van der Waals surface area contributed by atoms with E-state index in [1.165, 1.54) is 22.7 Å². The van der Waals surface area contributed by atoms with E-state index in [0.29, 0.717) is 38.6 Å². The molecule has 0 heterocycles. The van der Waals surface area contributed by atoms with Crippen molar-refractivity contribution in [3.63, 3.8) is 0 Å². The summed E-state index contributed by atoms with van der Waals surface area (Å²) in [4.78, 5) is 4.48. The summed E-state index contributed by atoms with van der Waals surface area (Å²) in [6, 6.07) is 4.82. The van der Waals surface area contributed by atoms with Crippen molar-refractivity contribution in [1.82, 2.24) is 14.9 Å². The van der Waals surface area contributed by atoms with Gasteiger partial charge in [-0.25, -0.2) is 17.1 Å². The lowest BCUT2D eigenvalue weighted by Crippen LogP contribution is -2.38. The summed E-state index contributed by atoms with van der Waals surface area (Å²) in [5.41, 5.74) is 2.04. The number of aliphatic imine (C=N–C) groups is 1. The Morgan fingerprint density at radius 1 is 1.26 bits per heavy atom. The minimum absolute atomic E-state index is 0. The van der Waals surface area contributed by atoms with Gasteiger partial charge in [0.15, 0.2) is 5.96 Å². The van der Waals surface area contributed by atoms with Crippen molar-refractivity contribution in [2.45, 2.75) is 33.6 Å². The number of hydrogen-bond acceptors (Lipinski definition) is 3. The zero-order valence-corrected chi connectivity index (χ0v) is 19.7. The quantitative estimate of drug-likeness (QED) is 0.218. The van der Waals surface area contributed by atoms with Gasteiger partial charge in [0, 0.05) is 32.7 Å². The third-order valence-corrected chi connectivity index (χ3v) is 5.37. The number of guanidine groups is 1. The highest BCUT2D eigenvalue weighted by Crippen LogP contribution is 2.10. The third-order valence-electron chi connectivity index (χ3n) is 3.99. The van der Waals surface area contributed by atoms with Crippen molar-refractivity contribution in [2.24, 2.45) is 4.99 Å². The zero-order valence-electron chi connectivity index (χ0n) is 16.6. The van der Waals surface area contributed by atoms with E-state index in [-0.39, 0.29) is 29.8 Å². The Morgan fingerprint density at radius 3 is 2.52 bits per heavy atom. The van der Waals surface area contributed by atoms with Crippen LogP contribution in [0.2, 0.25) is 0 Å². The number of hydrogen-bond donors (Lipinski definition) is 2. The first kappa shape index (κ1) is 26.1. The molecule has 1 rings (SSSR count). The summed E-state index contributed by atoms with van der Waals surface area (Å²) in [6.07, 6.45) is 2.66. The van der Waals surface area contributed by atoms with Crippen LogP contribution in [0.4, 0.5) is 4.39 Å². The number of aryl methyl sites for hydroxylation is 1. The van der Waals surface area contributed by atoms with Gasteiger partial charge in [-0.15, -0.1) is 24.0 Å². The molecule has 9 heteroatoms. The van der Waals surface area contributed by atoms with Gasteiger partial charge in [0.2, 0.25) is 10.0 Å². The predicted molar refractivity (Wildman–Crippen MR) is 121 cm³/mol. The summed E-state index contributed by atoms with van der Waals surface area (Å²) in [6.45, 7) is 8.62. The second-order valence-corrected chi connectivity index (χ2v) is 8.10. The summed E-state index contributed by atoms with van der Waals surface area (Å²) in [7, 11) is -3.15. The first-order valence-electron chi connectivity index (χ1n) is 9.00. The average Bonchev–Trinajstić information content (AvgIpc) is 2.55. The normalized spacial score (nSPS) is 12.0. The first-order chi connectivity index (χ1) is 12.3. The van der Waals surface area contributed by atoms with Crippen LogP contribution in [0.15, 0.2) is 23.2 Å². The number of rotatable bonds is 10. The van der Waals surface area contributed by atoms with E-state index in [9.17, 15) is 12.8 Å². The summed E-state index contributed by atoms with van der Waals surface area (Å²) < 4.78 is 37.7. The largest absolute Gasteiger partial charge is 0.357 e. The van der Waals surface area contributed by atoms with Crippen LogP contribution in [-0.4, -0.2) is 57.7 Å². The molecule has 0 unspecified atom stereocenters. The van der Waals surface area contributed by atoms with Gasteiger partial charge in [0.1, 0.15) is 5.82 Å². The van der Waals surface area contributed by atoms with Gasteiger partial charge in [-0.2, -0.15) is 0 Å². The van der Waals surface area contributed by atoms with Crippen LogP contribution in [0.25, 0.3) is 0 Å². The molecule has 1 aromatic rings. The fraction of sp³-hybridized carbons (Fsp3) is 0.611. The van der Waals surface area contributed by atoms with Gasteiger partial charge in [-0.05, 0) is 49.9 Å². The van der Waals surface area contributed by atoms with Gasteiger partial charge in [-0.3, -0.25) is 4.99 Å². The molecular weight excluding hydrogens is 482 g/mol. The fourth-order valence-corrected chi connectivity index (χ4v) is 3.52. The van der Waals surface area contributed by atoms with Crippen LogP contribution in [0.1, 0.15) is 31.4 Å². The summed E-state index contributed by atoms with van der Waals surface area (Å²) >= 11 is 0. The standard InChI is InChI=1S/C18H31FN4O2S.HI/c1-5-20-18(21-11-7-13-23(6-2)26(4,24)25)22-12-10-16-8-9-17(19)14-15(16)3;/h8-9,14H,5-7,10-13H2,1-4H3,(H2,20,21,22);1H. The van der Waals surface area contributed by atoms with Crippen LogP contribution in [0, 0.1) is 12.7 Å². The first-order valence-corrected chi connectivity index (χ1v) is 10.8. The molecule has 0 aliphatic heterocycles. The lowest BCUT2D eigenvalue weighted by molar-refractivity contribution is 0.427. The average molecular weight is 514 g/mol. The van der Waals surface area contributed by atoms with Crippen LogP contribution in [0.3, 0.4) is 0 Å². The molecule has 1 aromatic carbocycles. The Balaban J connectivity index is 0.00000676. The minimum atomic E-state index is -3.15. The molecule has 0 fully saturated rings. The summed E-state index contributed by atoms with van der Waals surface area (Å²) in [5, 5.41) is 6.43. The van der Waals surface area contributed by atoms with E-state index >= 15 is 0 Å². The molecule has 0 bridgehead atoms. The Morgan fingerprint density at radius 2 is 1.96 bits per heavy atom. The molecule has 0 saturated heterocycles. The monoisotopic (exact) mass is 514 g/mol. The van der Waals surface area contributed by atoms with Gasteiger partial charge in [0.25, 0.3) is 0 Å². The molecule has 0 aliphatic carbocycles. The number of sulfonamides is 1. The van der Waals surface area contributed by atoms with Crippen molar-refractivity contribution in [3.8, 4) is 0 Å². The van der Waals surface area contributed by atoms with Crippen molar-refractivity contribution < 1.29 is 12.8 Å². The molecule has 0 amide bonds. The topological polar surface area (TPSA) is 73.8 Å². The van der Waals surface area contributed by atoms with Crippen molar-refractivity contribution in [3.05, 3.63) is 35.1 Å². The third kappa shape index (κ3) is 10.2. The van der Waals surface area contributed by atoms with Gasteiger partial charge < -0.3 is 10.6 Å². The molecule has 0 aliphatic rings. The molecule has 0 atom stereocenters. The predicted octanol–water partition coefficient (Wildman–Crippen LogP) is 2.52. The maximum Gasteiger partial charge on any atom is 0.211 e. The fourth-order valence-electron chi connectivity index (χ4n) is 2.59. The number of benzene rings is 1. The van der Waals surface area contributed by atoms with Crippen LogP contribution in [0.5, 0.6) is 0 Å². The van der Waals surface area contributed by atoms with E-state index in [2.05, 4.69) is 15.6 Å². The second kappa shape index (κ2) is 13.3. The van der Waals surface area contributed by atoms with E-state index in [0.717, 1.165) is 24.1 Å². The molecule has 6 nitrogen and oxygen atoms in total. The van der Waals surface area contributed by atoms with Crippen molar-refractivity contribution in [1.29, 1.82) is 0 Å². The second-order valence-electron chi connectivity index (χ2n) is 6.12. The van der Waals surface area contributed by atoms with Crippen LogP contribution >= 0.6 is 24.0 Å². The lowest BCUT2D eigenvalue weighted by Gasteiger charge is -2.17. The number of nitrogens with zero attached hydrogens (tertiary/aromatic N) is 2. The molecule has 2 N–H and O–H groups in total.